The van der Waals surface area contributed by atoms with Crippen molar-refractivity contribution < 1.29 is 9.84 Å². The zero-order valence-corrected chi connectivity index (χ0v) is 13.8. The van der Waals surface area contributed by atoms with Gasteiger partial charge in [0, 0.05) is 10.5 Å². The van der Waals surface area contributed by atoms with Crippen LogP contribution in [0.2, 0.25) is 5.02 Å². The van der Waals surface area contributed by atoms with Gasteiger partial charge in [0.1, 0.15) is 11.8 Å². The minimum atomic E-state index is -0.830. The topological polar surface area (TPSA) is 47.3 Å². The first-order valence-electron chi connectivity index (χ1n) is 6.20. The average molecular weight is 360 g/mol. The first-order chi connectivity index (χ1) is 9.45. The molecule has 1 aromatic carbocycles. The third-order valence-corrected chi connectivity index (χ3v) is 4.24. The molecule has 1 atom stereocenters. The SMILES string of the molecule is COc1cnn(C(C)C)c1C(O)c1ccc(Cl)c(Br)c1. The van der Waals surface area contributed by atoms with Gasteiger partial charge in [-0.05, 0) is 47.5 Å². The van der Waals surface area contributed by atoms with Gasteiger partial charge in [-0.25, -0.2) is 0 Å². The molecule has 1 heterocycles. The van der Waals surface area contributed by atoms with E-state index in [1.165, 1.54) is 0 Å². The minimum Gasteiger partial charge on any atom is -0.493 e. The average Bonchev–Trinajstić information content (AvgIpc) is 2.85. The van der Waals surface area contributed by atoms with Gasteiger partial charge < -0.3 is 9.84 Å². The second-order valence-corrected chi connectivity index (χ2v) is 5.97. The molecule has 1 unspecified atom stereocenters. The van der Waals surface area contributed by atoms with E-state index in [1.807, 2.05) is 13.8 Å². The van der Waals surface area contributed by atoms with Crippen LogP contribution >= 0.6 is 27.5 Å². The maximum Gasteiger partial charge on any atom is 0.163 e. The van der Waals surface area contributed by atoms with E-state index in [4.69, 9.17) is 16.3 Å². The summed E-state index contributed by atoms with van der Waals surface area (Å²) in [6.07, 6.45) is 0.784. The molecule has 0 aliphatic carbocycles. The van der Waals surface area contributed by atoms with Gasteiger partial charge in [-0.15, -0.1) is 0 Å². The first-order valence-corrected chi connectivity index (χ1v) is 7.37. The normalized spacial score (nSPS) is 12.8. The predicted octanol–water partition coefficient (Wildman–Crippen LogP) is 3.97. The number of rotatable bonds is 4. The number of aliphatic hydroxyl groups is 1. The molecule has 0 spiro atoms. The van der Waals surface area contributed by atoms with Crippen LogP contribution in [0.25, 0.3) is 0 Å². The highest BCUT2D eigenvalue weighted by molar-refractivity contribution is 9.10. The number of hydrogen-bond donors (Lipinski definition) is 1. The van der Waals surface area contributed by atoms with E-state index in [0.717, 1.165) is 10.0 Å². The van der Waals surface area contributed by atoms with Crippen LogP contribution in [0.1, 0.15) is 37.3 Å². The molecule has 1 aromatic heterocycles. The lowest BCUT2D eigenvalue weighted by molar-refractivity contribution is 0.199. The van der Waals surface area contributed by atoms with Crippen molar-refractivity contribution in [3.8, 4) is 5.75 Å². The van der Waals surface area contributed by atoms with E-state index < -0.39 is 6.10 Å². The molecule has 108 valence electrons. The molecule has 0 bridgehead atoms. The number of halogens is 2. The van der Waals surface area contributed by atoms with Crippen molar-refractivity contribution in [3.05, 3.63) is 45.1 Å². The van der Waals surface area contributed by atoms with Crippen molar-refractivity contribution in [2.24, 2.45) is 0 Å². The molecule has 0 fully saturated rings. The Morgan fingerprint density at radius 3 is 2.65 bits per heavy atom. The Morgan fingerprint density at radius 1 is 1.40 bits per heavy atom. The molecule has 0 aliphatic heterocycles. The molecule has 0 radical (unpaired) electrons. The molecule has 4 nitrogen and oxygen atoms in total. The van der Waals surface area contributed by atoms with Gasteiger partial charge in [0.25, 0.3) is 0 Å². The lowest BCUT2D eigenvalue weighted by atomic mass is 10.1. The van der Waals surface area contributed by atoms with Gasteiger partial charge in [-0.2, -0.15) is 5.10 Å². The van der Waals surface area contributed by atoms with Gasteiger partial charge in [-0.3, -0.25) is 4.68 Å². The van der Waals surface area contributed by atoms with Crippen molar-refractivity contribution >= 4 is 27.5 Å². The third kappa shape index (κ3) is 2.85. The summed E-state index contributed by atoms with van der Waals surface area (Å²) >= 11 is 9.34. The Labute approximate surface area is 131 Å². The lowest BCUT2D eigenvalue weighted by Gasteiger charge is -2.18. The number of nitrogens with zero attached hydrogens (tertiary/aromatic N) is 2. The number of aliphatic hydroxyl groups excluding tert-OH is 1. The van der Waals surface area contributed by atoms with Gasteiger partial charge in [0.15, 0.2) is 5.75 Å². The number of benzene rings is 1. The van der Waals surface area contributed by atoms with Crippen molar-refractivity contribution in [1.82, 2.24) is 9.78 Å². The van der Waals surface area contributed by atoms with Crippen molar-refractivity contribution in [2.75, 3.05) is 7.11 Å². The number of aromatic nitrogens is 2. The monoisotopic (exact) mass is 358 g/mol. The summed E-state index contributed by atoms with van der Waals surface area (Å²) in [5.41, 5.74) is 1.36. The van der Waals surface area contributed by atoms with E-state index in [2.05, 4.69) is 21.0 Å². The predicted molar refractivity (Wildman–Crippen MR) is 82.4 cm³/mol. The number of ether oxygens (including phenoxy) is 1. The Kier molecular flexibility index (Phi) is 4.73. The van der Waals surface area contributed by atoms with Crippen LogP contribution in [-0.2, 0) is 0 Å². The summed E-state index contributed by atoms with van der Waals surface area (Å²) < 4.78 is 7.79. The zero-order valence-electron chi connectivity index (χ0n) is 11.5. The fraction of sp³-hybridized carbons (Fsp3) is 0.357. The molecular weight excluding hydrogens is 344 g/mol. The highest BCUT2D eigenvalue weighted by Gasteiger charge is 2.23. The minimum absolute atomic E-state index is 0.124. The van der Waals surface area contributed by atoms with Crippen LogP contribution in [0.3, 0.4) is 0 Å². The second kappa shape index (κ2) is 6.16. The number of hydrogen-bond acceptors (Lipinski definition) is 3. The first kappa shape index (κ1) is 15.4. The molecular formula is C14H16BrClN2O2. The third-order valence-electron chi connectivity index (χ3n) is 3.03. The van der Waals surface area contributed by atoms with Gasteiger partial charge in [0.05, 0.1) is 18.3 Å². The van der Waals surface area contributed by atoms with Crippen LogP contribution in [0.4, 0.5) is 0 Å². The van der Waals surface area contributed by atoms with Gasteiger partial charge >= 0.3 is 0 Å². The van der Waals surface area contributed by atoms with Crippen LogP contribution in [-0.4, -0.2) is 22.0 Å². The molecule has 2 rings (SSSR count). The van der Waals surface area contributed by atoms with Gasteiger partial charge in [0.2, 0.25) is 0 Å². The maximum absolute atomic E-state index is 10.6. The van der Waals surface area contributed by atoms with Crippen molar-refractivity contribution in [2.45, 2.75) is 26.0 Å². The summed E-state index contributed by atoms with van der Waals surface area (Å²) in [5.74, 6) is 0.567. The fourth-order valence-corrected chi connectivity index (χ4v) is 2.54. The zero-order chi connectivity index (χ0) is 14.9. The van der Waals surface area contributed by atoms with Crippen LogP contribution in [0.15, 0.2) is 28.9 Å². The van der Waals surface area contributed by atoms with E-state index in [0.29, 0.717) is 16.5 Å². The molecule has 1 N–H and O–H groups in total. The van der Waals surface area contributed by atoms with Gasteiger partial charge in [-0.1, -0.05) is 17.7 Å². The highest BCUT2D eigenvalue weighted by atomic mass is 79.9. The summed E-state index contributed by atoms with van der Waals surface area (Å²) in [7, 11) is 1.57. The summed E-state index contributed by atoms with van der Waals surface area (Å²) in [4.78, 5) is 0. The summed E-state index contributed by atoms with van der Waals surface area (Å²) in [6.45, 7) is 4.00. The molecule has 0 aliphatic rings. The Hall–Kier alpha value is -1.04. The Bertz CT molecular complexity index is 613. The number of methoxy groups -OCH3 is 1. The van der Waals surface area contributed by atoms with E-state index >= 15 is 0 Å². The smallest absolute Gasteiger partial charge is 0.163 e. The Balaban J connectivity index is 2.49. The highest BCUT2D eigenvalue weighted by Crippen LogP contribution is 2.34. The summed E-state index contributed by atoms with van der Waals surface area (Å²) in [5, 5.41) is 15.5. The largest absolute Gasteiger partial charge is 0.493 e. The summed E-state index contributed by atoms with van der Waals surface area (Å²) in [6, 6.07) is 5.45. The molecule has 0 saturated carbocycles. The van der Waals surface area contributed by atoms with Crippen molar-refractivity contribution in [3.63, 3.8) is 0 Å². The molecule has 0 amide bonds. The Morgan fingerprint density at radius 2 is 2.10 bits per heavy atom. The maximum atomic E-state index is 10.6. The van der Waals surface area contributed by atoms with E-state index in [1.54, 1.807) is 36.2 Å². The van der Waals surface area contributed by atoms with Crippen LogP contribution < -0.4 is 4.74 Å². The molecule has 20 heavy (non-hydrogen) atoms. The quantitative estimate of drug-likeness (QED) is 0.898. The fourth-order valence-electron chi connectivity index (χ4n) is 2.03. The van der Waals surface area contributed by atoms with Crippen LogP contribution in [0, 0.1) is 0 Å². The lowest BCUT2D eigenvalue weighted by Crippen LogP contribution is -2.13. The second-order valence-electron chi connectivity index (χ2n) is 4.71. The van der Waals surface area contributed by atoms with E-state index in [-0.39, 0.29) is 6.04 Å². The standard InChI is InChI=1S/C14H16BrClN2O2/c1-8(2)18-13(12(20-3)7-17-18)14(19)9-4-5-11(16)10(15)6-9/h4-8,14,19H,1-3H3. The molecule has 0 saturated heterocycles. The van der Waals surface area contributed by atoms with Crippen LogP contribution in [0.5, 0.6) is 5.75 Å². The van der Waals surface area contributed by atoms with Crippen molar-refractivity contribution in [1.29, 1.82) is 0 Å². The van der Waals surface area contributed by atoms with E-state index in [9.17, 15) is 5.11 Å². The molecule has 6 heteroatoms. The molecule has 2 aromatic rings.